The first-order chi connectivity index (χ1) is 7.45. The molecule has 16 heavy (non-hydrogen) atoms. The van der Waals surface area contributed by atoms with Crippen molar-refractivity contribution >= 4 is 15.9 Å². The Labute approximate surface area is 108 Å². The molecule has 0 spiro atoms. The van der Waals surface area contributed by atoms with Crippen molar-refractivity contribution in [2.24, 2.45) is 17.3 Å². The minimum Gasteiger partial charge on any atom is -0.376 e. The van der Waals surface area contributed by atoms with Gasteiger partial charge in [0, 0.05) is 11.9 Å². The first-order valence-corrected chi connectivity index (χ1v) is 7.77. The van der Waals surface area contributed by atoms with Crippen LogP contribution >= 0.6 is 15.9 Å². The molecule has 0 aliphatic heterocycles. The minimum absolute atomic E-state index is 0.0190. The second-order valence-corrected chi connectivity index (χ2v) is 7.35. The van der Waals surface area contributed by atoms with Gasteiger partial charge in [0.05, 0.1) is 5.60 Å². The summed E-state index contributed by atoms with van der Waals surface area (Å²) >= 11 is 3.76. The molecule has 0 aromatic heterocycles. The van der Waals surface area contributed by atoms with Gasteiger partial charge in [0.1, 0.15) is 0 Å². The highest BCUT2D eigenvalue weighted by atomic mass is 79.9. The van der Waals surface area contributed by atoms with Crippen molar-refractivity contribution in [3.8, 4) is 0 Å². The van der Waals surface area contributed by atoms with Gasteiger partial charge in [-0.3, -0.25) is 0 Å². The van der Waals surface area contributed by atoms with E-state index in [1.54, 1.807) is 0 Å². The van der Waals surface area contributed by atoms with Crippen molar-refractivity contribution in [1.82, 2.24) is 0 Å². The predicted molar refractivity (Wildman–Crippen MR) is 72.0 cm³/mol. The third-order valence-corrected chi connectivity index (χ3v) is 5.62. The number of halogens is 1. The number of alkyl halides is 1. The van der Waals surface area contributed by atoms with E-state index in [0.29, 0.717) is 5.41 Å². The standard InChI is InChI=1S/C14H25BrO/c1-13(2,3)16-7-6-14(10-15)9-11-4-5-12(14)8-11/h11-12H,4-10H2,1-3H3. The molecule has 2 heteroatoms. The summed E-state index contributed by atoms with van der Waals surface area (Å²) in [6.45, 7) is 7.37. The Balaban J connectivity index is 1.87. The Morgan fingerprint density at radius 2 is 2.06 bits per heavy atom. The van der Waals surface area contributed by atoms with Gasteiger partial charge in [-0.25, -0.2) is 0 Å². The van der Waals surface area contributed by atoms with E-state index in [-0.39, 0.29) is 5.60 Å². The Morgan fingerprint density at radius 3 is 2.50 bits per heavy atom. The summed E-state index contributed by atoms with van der Waals surface area (Å²) in [5, 5.41) is 1.18. The molecule has 0 aromatic carbocycles. The predicted octanol–water partition coefficient (Wildman–Crippen LogP) is 4.39. The zero-order chi connectivity index (χ0) is 11.8. The van der Waals surface area contributed by atoms with Gasteiger partial charge >= 0.3 is 0 Å². The first kappa shape index (κ1) is 12.9. The number of rotatable bonds is 4. The monoisotopic (exact) mass is 288 g/mol. The topological polar surface area (TPSA) is 9.23 Å². The van der Waals surface area contributed by atoms with Crippen LogP contribution in [0.15, 0.2) is 0 Å². The van der Waals surface area contributed by atoms with Gasteiger partial charge in [-0.05, 0) is 63.7 Å². The SMILES string of the molecule is CC(C)(C)OCCC1(CBr)CC2CCC1C2. The van der Waals surface area contributed by atoms with Gasteiger partial charge in [-0.15, -0.1) is 0 Å². The van der Waals surface area contributed by atoms with Crippen molar-refractivity contribution in [1.29, 1.82) is 0 Å². The second kappa shape index (κ2) is 4.61. The molecule has 0 saturated heterocycles. The molecule has 2 rings (SSSR count). The molecule has 0 N–H and O–H groups in total. The summed E-state index contributed by atoms with van der Waals surface area (Å²) in [7, 11) is 0. The van der Waals surface area contributed by atoms with Crippen LogP contribution in [0, 0.1) is 17.3 Å². The van der Waals surface area contributed by atoms with Crippen molar-refractivity contribution < 1.29 is 4.74 Å². The number of ether oxygens (including phenoxy) is 1. The summed E-state index contributed by atoms with van der Waals surface area (Å²) in [5.41, 5.74) is 0.583. The van der Waals surface area contributed by atoms with E-state index in [9.17, 15) is 0 Å². The van der Waals surface area contributed by atoms with E-state index in [4.69, 9.17) is 4.74 Å². The number of hydrogen-bond donors (Lipinski definition) is 0. The van der Waals surface area contributed by atoms with Gasteiger partial charge in [0.15, 0.2) is 0 Å². The molecule has 0 amide bonds. The minimum atomic E-state index is 0.0190. The van der Waals surface area contributed by atoms with Crippen molar-refractivity contribution in [3.05, 3.63) is 0 Å². The fourth-order valence-electron chi connectivity index (χ4n) is 3.66. The first-order valence-electron chi connectivity index (χ1n) is 6.65. The van der Waals surface area contributed by atoms with Gasteiger partial charge in [-0.1, -0.05) is 22.4 Å². The average molecular weight is 289 g/mol. The lowest BCUT2D eigenvalue weighted by Gasteiger charge is -2.37. The molecule has 2 saturated carbocycles. The summed E-state index contributed by atoms with van der Waals surface area (Å²) < 4.78 is 5.90. The summed E-state index contributed by atoms with van der Waals surface area (Å²) in [6.07, 6.45) is 7.12. The van der Waals surface area contributed by atoms with Crippen LogP contribution in [0.2, 0.25) is 0 Å². The lowest BCUT2D eigenvalue weighted by atomic mass is 9.72. The zero-order valence-electron chi connectivity index (χ0n) is 10.9. The van der Waals surface area contributed by atoms with E-state index in [0.717, 1.165) is 18.4 Å². The van der Waals surface area contributed by atoms with Crippen molar-refractivity contribution in [3.63, 3.8) is 0 Å². The lowest BCUT2D eigenvalue weighted by Crippen LogP contribution is -2.32. The van der Waals surface area contributed by atoms with Gasteiger partial charge in [0.25, 0.3) is 0 Å². The van der Waals surface area contributed by atoms with Crippen LogP contribution in [0.3, 0.4) is 0 Å². The molecular weight excluding hydrogens is 264 g/mol. The van der Waals surface area contributed by atoms with Crippen LogP contribution in [-0.4, -0.2) is 17.5 Å². The fraction of sp³-hybridized carbons (Fsp3) is 1.00. The van der Waals surface area contributed by atoms with E-state index in [2.05, 4.69) is 36.7 Å². The summed E-state index contributed by atoms with van der Waals surface area (Å²) in [6, 6.07) is 0. The number of fused-ring (bicyclic) bond motifs is 2. The lowest BCUT2D eigenvalue weighted by molar-refractivity contribution is -0.0228. The van der Waals surface area contributed by atoms with Gasteiger partial charge in [0.2, 0.25) is 0 Å². The Kier molecular flexibility index (Phi) is 3.71. The normalized spacial score (nSPS) is 38.2. The van der Waals surface area contributed by atoms with Gasteiger partial charge < -0.3 is 4.74 Å². The Morgan fingerprint density at radius 1 is 1.31 bits per heavy atom. The van der Waals surface area contributed by atoms with Crippen LogP contribution in [-0.2, 0) is 4.74 Å². The maximum atomic E-state index is 5.90. The molecule has 2 fully saturated rings. The zero-order valence-corrected chi connectivity index (χ0v) is 12.5. The highest BCUT2D eigenvalue weighted by Gasteiger charge is 2.49. The average Bonchev–Trinajstić information content (AvgIpc) is 2.75. The third-order valence-electron chi connectivity index (χ3n) is 4.50. The van der Waals surface area contributed by atoms with E-state index < -0.39 is 0 Å². The second-order valence-electron chi connectivity index (χ2n) is 6.79. The van der Waals surface area contributed by atoms with Crippen molar-refractivity contribution in [2.75, 3.05) is 11.9 Å². The summed E-state index contributed by atoms with van der Waals surface area (Å²) in [5.74, 6) is 2.00. The molecule has 0 aromatic rings. The Hall–Kier alpha value is 0.440. The molecule has 2 aliphatic carbocycles. The maximum absolute atomic E-state index is 5.90. The van der Waals surface area contributed by atoms with Gasteiger partial charge in [-0.2, -0.15) is 0 Å². The maximum Gasteiger partial charge on any atom is 0.0598 e. The highest BCUT2D eigenvalue weighted by molar-refractivity contribution is 9.09. The quantitative estimate of drug-likeness (QED) is 0.697. The van der Waals surface area contributed by atoms with Crippen LogP contribution in [0.4, 0.5) is 0 Å². The molecule has 2 aliphatic rings. The molecule has 0 radical (unpaired) electrons. The van der Waals surface area contributed by atoms with E-state index in [1.807, 2.05) is 0 Å². The van der Waals surface area contributed by atoms with E-state index in [1.165, 1.54) is 37.4 Å². The summed E-state index contributed by atoms with van der Waals surface area (Å²) in [4.78, 5) is 0. The molecule has 94 valence electrons. The molecule has 2 bridgehead atoms. The Bertz CT molecular complexity index is 246. The van der Waals surface area contributed by atoms with Crippen LogP contribution in [0.1, 0.15) is 52.9 Å². The molecule has 3 atom stereocenters. The largest absolute Gasteiger partial charge is 0.376 e. The van der Waals surface area contributed by atoms with E-state index >= 15 is 0 Å². The van der Waals surface area contributed by atoms with Crippen molar-refractivity contribution in [2.45, 2.75) is 58.5 Å². The smallest absolute Gasteiger partial charge is 0.0598 e. The number of hydrogen-bond acceptors (Lipinski definition) is 1. The molecular formula is C14H25BrO. The van der Waals surface area contributed by atoms with Crippen LogP contribution < -0.4 is 0 Å². The molecule has 1 nitrogen and oxygen atoms in total. The molecule has 3 unspecified atom stereocenters. The van der Waals surface area contributed by atoms with Crippen LogP contribution in [0.25, 0.3) is 0 Å². The van der Waals surface area contributed by atoms with Crippen LogP contribution in [0.5, 0.6) is 0 Å². The third kappa shape index (κ3) is 2.64. The fourth-order valence-corrected chi connectivity index (χ4v) is 4.62. The highest BCUT2D eigenvalue weighted by Crippen LogP contribution is 2.58. The molecule has 0 heterocycles.